The highest BCUT2D eigenvalue weighted by atomic mass is 79.9. The molecule has 0 aliphatic heterocycles. The Morgan fingerprint density at radius 3 is 2.48 bits per heavy atom. The molecule has 0 saturated carbocycles. The van der Waals surface area contributed by atoms with Crippen molar-refractivity contribution >= 4 is 21.8 Å². The maximum Gasteiger partial charge on any atom is 0.252 e. The van der Waals surface area contributed by atoms with Gasteiger partial charge in [0.1, 0.15) is 5.75 Å². The van der Waals surface area contributed by atoms with E-state index in [-0.39, 0.29) is 11.9 Å². The summed E-state index contributed by atoms with van der Waals surface area (Å²) >= 11 is 3.45. The molecule has 1 atom stereocenters. The van der Waals surface area contributed by atoms with Crippen LogP contribution in [-0.4, -0.2) is 13.0 Å². The van der Waals surface area contributed by atoms with E-state index in [0.717, 1.165) is 21.3 Å². The van der Waals surface area contributed by atoms with E-state index in [1.807, 2.05) is 56.3 Å². The molecule has 0 bridgehead atoms. The average molecular weight is 348 g/mol. The van der Waals surface area contributed by atoms with Crippen molar-refractivity contribution in [2.24, 2.45) is 0 Å². The maximum atomic E-state index is 12.4. The molecular formula is C17H18BrNO2. The Balaban J connectivity index is 2.12. The smallest absolute Gasteiger partial charge is 0.252 e. The third-order valence-electron chi connectivity index (χ3n) is 3.48. The van der Waals surface area contributed by atoms with E-state index in [9.17, 15) is 4.79 Å². The van der Waals surface area contributed by atoms with Crippen molar-refractivity contribution in [2.75, 3.05) is 7.11 Å². The van der Waals surface area contributed by atoms with Crippen molar-refractivity contribution in [2.45, 2.75) is 19.9 Å². The zero-order valence-electron chi connectivity index (χ0n) is 12.3. The number of methoxy groups -OCH3 is 1. The summed E-state index contributed by atoms with van der Waals surface area (Å²) in [5.41, 5.74) is 2.67. The van der Waals surface area contributed by atoms with Gasteiger partial charge in [-0.3, -0.25) is 4.79 Å². The second kappa shape index (κ2) is 6.76. The van der Waals surface area contributed by atoms with Crippen molar-refractivity contribution in [1.82, 2.24) is 5.32 Å². The molecule has 0 aliphatic carbocycles. The highest BCUT2D eigenvalue weighted by molar-refractivity contribution is 9.10. The fourth-order valence-electron chi connectivity index (χ4n) is 2.10. The van der Waals surface area contributed by atoms with Gasteiger partial charge in [-0.15, -0.1) is 0 Å². The highest BCUT2D eigenvalue weighted by Gasteiger charge is 2.14. The number of nitrogens with one attached hydrogen (secondary N) is 1. The number of ether oxygens (including phenoxy) is 1. The van der Waals surface area contributed by atoms with Crippen molar-refractivity contribution in [3.8, 4) is 5.75 Å². The third kappa shape index (κ3) is 3.64. The molecule has 1 amide bonds. The van der Waals surface area contributed by atoms with Crippen molar-refractivity contribution in [3.63, 3.8) is 0 Å². The van der Waals surface area contributed by atoms with E-state index in [1.165, 1.54) is 0 Å². The summed E-state index contributed by atoms with van der Waals surface area (Å²) < 4.78 is 6.07. The van der Waals surface area contributed by atoms with E-state index in [1.54, 1.807) is 7.11 Å². The molecule has 0 aromatic heterocycles. The first-order valence-electron chi connectivity index (χ1n) is 6.73. The lowest BCUT2D eigenvalue weighted by molar-refractivity contribution is 0.0939. The molecule has 110 valence electrons. The summed E-state index contributed by atoms with van der Waals surface area (Å²) in [6, 6.07) is 13.3. The first kappa shape index (κ1) is 15.6. The predicted octanol–water partition coefficient (Wildman–Crippen LogP) is 4.26. The molecule has 2 aromatic carbocycles. The van der Waals surface area contributed by atoms with Crippen molar-refractivity contribution < 1.29 is 9.53 Å². The first-order valence-corrected chi connectivity index (χ1v) is 7.52. The number of halogens is 1. The molecule has 0 saturated heterocycles. The molecule has 2 rings (SSSR count). The molecule has 1 unspecified atom stereocenters. The Bertz CT molecular complexity index is 638. The minimum atomic E-state index is -0.0721. The van der Waals surface area contributed by atoms with Gasteiger partial charge in [0.15, 0.2) is 0 Å². The minimum Gasteiger partial charge on any atom is -0.497 e. The molecule has 0 heterocycles. The van der Waals surface area contributed by atoms with Gasteiger partial charge < -0.3 is 10.1 Å². The summed E-state index contributed by atoms with van der Waals surface area (Å²) in [5, 5.41) is 3.02. The number of hydrogen-bond donors (Lipinski definition) is 1. The minimum absolute atomic E-state index is 0.0678. The van der Waals surface area contributed by atoms with Gasteiger partial charge in [0.05, 0.1) is 13.2 Å². The van der Waals surface area contributed by atoms with Crippen LogP contribution in [0.1, 0.15) is 34.5 Å². The number of amides is 1. The van der Waals surface area contributed by atoms with E-state index < -0.39 is 0 Å². The van der Waals surface area contributed by atoms with Crippen LogP contribution in [0.4, 0.5) is 0 Å². The van der Waals surface area contributed by atoms with Crippen LogP contribution in [-0.2, 0) is 0 Å². The predicted molar refractivity (Wildman–Crippen MR) is 87.8 cm³/mol. The van der Waals surface area contributed by atoms with Gasteiger partial charge in [-0.25, -0.2) is 0 Å². The molecular weight excluding hydrogens is 330 g/mol. The summed E-state index contributed by atoms with van der Waals surface area (Å²) in [7, 11) is 1.64. The lowest BCUT2D eigenvalue weighted by atomic mass is 10.1. The third-order valence-corrected chi connectivity index (χ3v) is 4.33. The van der Waals surface area contributed by atoms with Crippen LogP contribution in [0.25, 0.3) is 0 Å². The summed E-state index contributed by atoms with van der Waals surface area (Å²) in [5.74, 6) is 0.734. The number of rotatable bonds is 4. The van der Waals surface area contributed by atoms with Gasteiger partial charge >= 0.3 is 0 Å². The number of hydrogen-bond acceptors (Lipinski definition) is 2. The molecule has 0 radical (unpaired) electrons. The quantitative estimate of drug-likeness (QED) is 0.897. The molecule has 21 heavy (non-hydrogen) atoms. The van der Waals surface area contributed by atoms with Gasteiger partial charge in [-0.05, 0) is 49.2 Å². The first-order chi connectivity index (χ1) is 10.0. The Kier molecular flexibility index (Phi) is 5.02. The molecule has 0 aliphatic rings. The lowest BCUT2D eigenvalue weighted by Crippen LogP contribution is -2.27. The second-order valence-corrected chi connectivity index (χ2v) is 5.74. The van der Waals surface area contributed by atoms with Gasteiger partial charge in [-0.2, -0.15) is 0 Å². The van der Waals surface area contributed by atoms with Crippen LogP contribution >= 0.6 is 15.9 Å². The van der Waals surface area contributed by atoms with Gasteiger partial charge in [0, 0.05) is 10.0 Å². The van der Waals surface area contributed by atoms with E-state index >= 15 is 0 Å². The zero-order chi connectivity index (χ0) is 15.4. The largest absolute Gasteiger partial charge is 0.497 e. The Hall–Kier alpha value is -1.81. The van der Waals surface area contributed by atoms with Crippen LogP contribution in [0, 0.1) is 6.92 Å². The standard InChI is InChI=1S/C17H18BrNO2/c1-11-15(5-4-6-16(11)18)17(20)19-12(2)13-7-9-14(21-3)10-8-13/h4-10,12H,1-3H3,(H,19,20). The molecule has 3 nitrogen and oxygen atoms in total. The number of benzene rings is 2. The topological polar surface area (TPSA) is 38.3 Å². The van der Waals surface area contributed by atoms with Gasteiger partial charge in [0.25, 0.3) is 5.91 Å². The molecule has 0 fully saturated rings. The van der Waals surface area contributed by atoms with Gasteiger partial charge in [-0.1, -0.05) is 34.1 Å². The summed E-state index contributed by atoms with van der Waals surface area (Å²) in [6.45, 7) is 3.89. The number of carbonyl (C=O) groups is 1. The second-order valence-electron chi connectivity index (χ2n) is 4.88. The molecule has 2 aromatic rings. The average Bonchev–Trinajstić information content (AvgIpc) is 2.50. The van der Waals surface area contributed by atoms with Crippen LogP contribution in [0.15, 0.2) is 46.9 Å². The van der Waals surface area contributed by atoms with Crippen molar-refractivity contribution in [1.29, 1.82) is 0 Å². The van der Waals surface area contributed by atoms with Crippen molar-refractivity contribution in [3.05, 3.63) is 63.6 Å². The van der Waals surface area contributed by atoms with Crippen LogP contribution in [0.5, 0.6) is 5.75 Å². The molecule has 1 N–H and O–H groups in total. The van der Waals surface area contributed by atoms with E-state index in [0.29, 0.717) is 5.56 Å². The lowest BCUT2D eigenvalue weighted by Gasteiger charge is -2.16. The Labute approximate surface area is 133 Å². The fourth-order valence-corrected chi connectivity index (χ4v) is 2.47. The SMILES string of the molecule is COc1ccc(C(C)NC(=O)c2cccc(Br)c2C)cc1. The van der Waals surface area contributed by atoms with Crippen LogP contribution < -0.4 is 10.1 Å². The molecule has 4 heteroatoms. The molecule has 0 spiro atoms. The summed E-state index contributed by atoms with van der Waals surface area (Å²) in [4.78, 5) is 12.4. The van der Waals surface area contributed by atoms with Crippen LogP contribution in [0.3, 0.4) is 0 Å². The summed E-state index contributed by atoms with van der Waals surface area (Å²) in [6.07, 6.45) is 0. The fraction of sp³-hybridized carbons (Fsp3) is 0.235. The zero-order valence-corrected chi connectivity index (χ0v) is 13.9. The normalized spacial score (nSPS) is 11.8. The van der Waals surface area contributed by atoms with Gasteiger partial charge in [0.2, 0.25) is 0 Å². The maximum absolute atomic E-state index is 12.4. The van der Waals surface area contributed by atoms with Crippen LogP contribution in [0.2, 0.25) is 0 Å². The Morgan fingerprint density at radius 1 is 1.19 bits per heavy atom. The Morgan fingerprint density at radius 2 is 1.86 bits per heavy atom. The highest BCUT2D eigenvalue weighted by Crippen LogP contribution is 2.21. The van der Waals surface area contributed by atoms with E-state index in [4.69, 9.17) is 4.74 Å². The monoisotopic (exact) mass is 347 g/mol. The van der Waals surface area contributed by atoms with E-state index in [2.05, 4.69) is 21.2 Å². The number of carbonyl (C=O) groups excluding carboxylic acids is 1.